The molecule has 0 unspecified atom stereocenters. The Hall–Kier alpha value is -2.53. The van der Waals surface area contributed by atoms with Gasteiger partial charge in [-0.05, 0) is 70.3 Å². The van der Waals surface area contributed by atoms with Crippen LogP contribution in [0.1, 0.15) is 27.6 Å². The van der Waals surface area contributed by atoms with Crippen LogP contribution in [0.25, 0.3) is 10.9 Å². The molecule has 0 aliphatic heterocycles. The standard InChI is InChI=1S/C19H23N3O2/c1-12-5-8-18(24-12)19(23)21-14-6-7-17-16(11-14)15(13(2)20-17)9-10-22(3)4/h5-8,11,20H,9-10H2,1-4H3,(H,21,23). The van der Waals surface area contributed by atoms with Crippen molar-refractivity contribution in [1.29, 1.82) is 0 Å². The number of hydrogen-bond acceptors (Lipinski definition) is 3. The van der Waals surface area contributed by atoms with E-state index in [4.69, 9.17) is 4.42 Å². The highest BCUT2D eigenvalue weighted by molar-refractivity contribution is 6.03. The third-order valence-corrected chi connectivity index (χ3v) is 4.15. The summed E-state index contributed by atoms with van der Waals surface area (Å²) >= 11 is 0. The number of carbonyl (C=O) groups excluding carboxylic acids is 1. The number of carbonyl (C=O) groups is 1. The highest BCUT2D eigenvalue weighted by Crippen LogP contribution is 2.26. The van der Waals surface area contributed by atoms with Crippen molar-refractivity contribution in [2.24, 2.45) is 0 Å². The summed E-state index contributed by atoms with van der Waals surface area (Å²) in [4.78, 5) is 17.8. The Morgan fingerprint density at radius 1 is 1.21 bits per heavy atom. The Bertz CT molecular complexity index is 874. The maximum absolute atomic E-state index is 12.2. The third-order valence-electron chi connectivity index (χ3n) is 4.15. The van der Waals surface area contributed by atoms with Crippen LogP contribution in [0.15, 0.2) is 34.7 Å². The number of aryl methyl sites for hydroxylation is 2. The van der Waals surface area contributed by atoms with Gasteiger partial charge in [0.25, 0.3) is 5.91 Å². The summed E-state index contributed by atoms with van der Waals surface area (Å²) in [6.45, 7) is 4.90. The van der Waals surface area contributed by atoms with Crippen LogP contribution in [0.2, 0.25) is 0 Å². The molecule has 24 heavy (non-hydrogen) atoms. The van der Waals surface area contributed by atoms with E-state index in [0.717, 1.165) is 35.3 Å². The highest BCUT2D eigenvalue weighted by atomic mass is 16.3. The average molecular weight is 325 g/mol. The summed E-state index contributed by atoms with van der Waals surface area (Å²) in [5.74, 6) is 0.818. The van der Waals surface area contributed by atoms with E-state index in [0.29, 0.717) is 5.76 Å². The fourth-order valence-electron chi connectivity index (χ4n) is 2.87. The summed E-state index contributed by atoms with van der Waals surface area (Å²) in [5, 5.41) is 4.06. The minimum Gasteiger partial charge on any atom is -0.456 e. The van der Waals surface area contributed by atoms with Crippen LogP contribution in [0, 0.1) is 13.8 Å². The molecule has 0 fully saturated rings. The first-order valence-electron chi connectivity index (χ1n) is 8.08. The maximum Gasteiger partial charge on any atom is 0.291 e. The number of anilines is 1. The summed E-state index contributed by atoms with van der Waals surface area (Å²) in [7, 11) is 4.14. The van der Waals surface area contributed by atoms with Gasteiger partial charge in [0, 0.05) is 28.8 Å². The number of nitrogens with zero attached hydrogens (tertiary/aromatic N) is 1. The summed E-state index contributed by atoms with van der Waals surface area (Å²) < 4.78 is 5.37. The molecule has 2 aromatic heterocycles. The number of furan rings is 1. The lowest BCUT2D eigenvalue weighted by molar-refractivity contribution is 0.0995. The molecular formula is C19H23N3O2. The molecule has 2 N–H and O–H groups in total. The molecule has 0 radical (unpaired) electrons. The van der Waals surface area contributed by atoms with Gasteiger partial charge in [0.2, 0.25) is 0 Å². The predicted octanol–water partition coefficient (Wildman–Crippen LogP) is 3.73. The molecular weight excluding hydrogens is 302 g/mol. The molecule has 0 spiro atoms. The smallest absolute Gasteiger partial charge is 0.291 e. The Kier molecular flexibility index (Phi) is 4.44. The second-order valence-corrected chi connectivity index (χ2v) is 6.41. The molecule has 3 rings (SSSR count). The van der Waals surface area contributed by atoms with Crippen LogP contribution < -0.4 is 5.32 Å². The van der Waals surface area contributed by atoms with Crippen molar-refractivity contribution in [3.8, 4) is 0 Å². The number of aromatic amines is 1. The van der Waals surface area contributed by atoms with Gasteiger partial charge in [0.1, 0.15) is 5.76 Å². The second kappa shape index (κ2) is 6.53. The highest BCUT2D eigenvalue weighted by Gasteiger charge is 2.13. The van der Waals surface area contributed by atoms with Crippen molar-refractivity contribution < 1.29 is 9.21 Å². The molecule has 0 bridgehead atoms. The van der Waals surface area contributed by atoms with Gasteiger partial charge in [-0.2, -0.15) is 0 Å². The van der Waals surface area contributed by atoms with Crippen LogP contribution in [0.3, 0.4) is 0 Å². The van der Waals surface area contributed by atoms with Gasteiger partial charge in [0.15, 0.2) is 5.76 Å². The number of aromatic nitrogens is 1. The van der Waals surface area contributed by atoms with E-state index in [-0.39, 0.29) is 5.91 Å². The number of amides is 1. The zero-order chi connectivity index (χ0) is 17.3. The molecule has 3 aromatic rings. The normalized spacial score (nSPS) is 11.4. The number of fused-ring (bicyclic) bond motifs is 1. The topological polar surface area (TPSA) is 61.3 Å². The number of hydrogen-bond donors (Lipinski definition) is 2. The van der Waals surface area contributed by atoms with Gasteiger partial charge in [-0.3, -0.25) is 4.79 Å². The van der Waals surface area contributed by atoms with Crippen molar-refractivity contribution in [1.82, 2.24) is 9.88 Å². The lowest BCUT2D eigenvalue weighted by Crippen LogP contribution is -2.15. The van der Waals surface area contributed by atoms with Crippen LogP contribution in [-0.4, -0.2) is 36.4 Å². The molecule has 1 aromatic carbocycles. The van der Waals surface area contributed by atoms with Crippen LogP contribution >= 0.6 is 0 Å². The van der Waals surface area contributed by atoms with E-state index in [1.54, 1.807) is 12.1 Å². The van der Waals surface area contributed by atoms with Crippen molar-refractivity contribution in [3.63, 3.8) is 0 Å². The van der Waals surface area contributed by atoms with Crippen molar-refractivity contribution in [2.75, 3.05) is 26.0 Å². The molecule has 0 aliphatic carbocycles. The van der Waals surface area contributed by atoms with Crippen molar-refractivity contribution in [3.05, 3.63) is 53.1 Å². The number of likely N-dealkylation sites (N-methyl/N-ethyl adjacent to an activating group) is 1. The van der Waals surface area contributed by atoms with Crippen LogP contribution in [0.4, 0.5) is 5.69 Å². The fraction of sp³-hybridized carbons (Fsp3) is 0.316. The quantitative estimate of drug-likeness (QED) is 0.751. The third kappa shape index (κ3) is 3.36. The molecule has 0 aliphatic rings. The summed E-state index contributed by atoms with van der Waals surface area (Å²) in [6.07, 6.45) is 0.966. The van der Waals surface area contributed by atoms with E-state index in [9.17, 15) is 4.79 Å². The summed E-state index contributed by atoms with van der Waals surface area (Å²) in [5.41, 5.74) is 4.33. The SMILES string of the molecule is Cc1ccc(C(=O)Nc2ccc3[nH]c(C)c(CCN(C)C)c3c2)o1. The molecule has 0 atom stereocenters. The van der Waals surface area contributed by atoms with Gasteiger partial charge < -0.3 is 19.6 Å². The van der Waals surface area contributed by atoms with E-state index >= 15 is 0 Å². The molecule has 5 heteroatoms. The number of benzene rings is 1. The Balaban J connectivity index is 1.87. The Labute approximate surface area is 141 Å². The first-order valence-corrected chi connectivity index (χ1v) is 8.08. The first-order chi connectivity index (χ1) is 11.4. The minimum atomic E-state index is -0.232. The lowest BCUT2D eigenvalue weighted by Gasteiger charge is -2.10. The molecule has 126 valence electrons. The molecule has 0 saturated heterocycles. The minimum absolute atomic E-state index is 0.232. The average Bonchev–Trinajstić information content (AvgIpc) is 3.08. The van der Waals surface area contributed by atoms with Crippen molar-refractivity contribution in [2.45, 2.75) is 20.3 Å². The van der Waals surface area contributed by atoms with Crippen molar-refractivity contribution >= 4 is 22.5 Å². The Morgan fingerprint density at radius 3 is 2.67 bits per heavy atom. The summed E-state index contributed by atoms with van der Waals surface area (Å²) in [6, 6.07) is 9.41. The van der Waals surface area contributed by atoms with Gasteiger partial charge in [-0.1, -0.05) is 0 Å². The number of nitrogens with one attached hydrogen (secondary N) is 2. The monoisotopic (exact) mass is 325 g/mol. The van der Waals surface area contributed by atoms with Gasteiger partial charge >= 0.3 is 0 Å². The zero-order valence-electron chi connectivity index (χ0n) is 14.6. The van der Waals surface area contributed by atoms with Gasteiger partial charge in [-0.15, -0.1) is 0 Å². The van der Waals surface area contributed by atoms with Gasteiger partial charge in [0.05, 0.1) is 0 Å². The van der Waals surface area contributed by atoms with E-state index in [1.165, 1.54) is 11.3 Å². The lowest BCUT2D eigenvalue weighted by atomic mass is 10.1. The largest absolute Gasteiger partial charge is 0.456 e. The zero-order valence-corrected chi connectivity index (χ0v) is 14.6. The maximum atomic E-state index is 12.2. The second-order valence-electron chi connectivity index (χ2n) is 6.41. The fourth-order valence-corrected chi connectivity index (χ4v) is 2.87. The first kappa shape index (κ1) is 16.3. The number of H-pyrrole nitrogens is 1. The molecule has 1 amide bonds. The van der Waals surface area contributed by atoms with Crippen LogP contribution in [0.5, 0.6) is 0 Å². The molecule has 0 saturated carbocycles. The van der Waals surface area contributed by atoms with Crippen LogP contribution in [-0.2, 0) is 6.42 Å². The van der Waals surface area contributed by atoms with E-state index in [2.05, 4.69) is 36.2 Å². The number of rotatable bonds is 5. The Morgan fingerprint density at radius 2 is 2.00 bits per heavy atom. The molecule has 2 heterocycles. The molecule has 5 nitrogen and oxygen atoms in total. The van der Waals surface area contributed by atoms with Gasteiger partial charge in [-0.25, -0.2) is 0 Å². The predicted molar refractivity (Wildman–Crippen MR) is 96.7 cm³/mol. The van der Waals surface area contributed by atoms with E-state index < -0.39 is 0 Å². The van der Waals surface area contributed by atoms with E-state index in [1.807, 2.05) is 25.1 Å².